The van der Waals surface area contributed by atoms with Crippen LogP contribution in [0.4, 0.5) is 17.1 Å². The van der Waals surface area contributed by atoms with E-state index in [9.17, 15) is 4.79 Å². The number of carbonyl (C=O) groups is 1. The summed E-state index contributed by atoms with van der Waals surface area (Å²) in [6.07, 6.45) is 6.60. The number of nitrogen functional groups attached to an aromatic ring is 1. The number of piperazine rings is 1. The van der Waals surface area contributed by atoms with Gasteiger partial charge in [-0.2, -0.15) is 4.98 Å². The van der Waals surface area contributed by atoms with Crippen LogP contribution in [0.3, 0.4) is 0 Å². The Hall–Kier alpha value is -2.56. The summed E-state index contributed by atoms with van der Waals surface area (Å²) in [5.41, 5.74) is 13.5. The minimum atomic E-state index is -0.272. The van der Waals surface area contributed by atoms with E-state index in [1.54, 1.807) is 6.07 Å². The highest BCUT2D eigenvalue weighted by Gasteiger charge is 2.24. The average molecular weight is 458 g/mol. The van der Waals surface area contributed by atoms with Gasteiger partial charge in [-0.05, 0) is 62.7 Å². The molecule has 1 saturated heterocycles. The second-order valence-corrected chi connectivity index (χ2v) is 9.34. The lowest BCUT2D eigenvalue weighted by Gasteiger charge is -2.34. The zero-order valence-corrected chi connectivity index (χ0v) is 19.2. The molecule has 9 nitrogen and oxygen atoms in total. The van der Waals surface area contributed by atoms with Crippen LogP contribution in [-0.4, -0.2) is 66.7 Å². The topological polar surface area (TPSA) is 123 Å². The van der Waals surface area contributed by atoms with Gasteiger partial charge < -0.3 is 31.3 Å². The van der Waals surface area contributed by atoms with Crippen molar-refractivity contribution in [2.24, 2.45) is 5.73 Å². The molecular formula is C22H31N7O2S. The summed E-state index contributed by atoms with van der Waals surface area (Å²) in [6.45, 7) is 3.76. The van der Waals surface area contributed by atoms with E-state index in [-0.39, 0.29) is 18.6 Å². The van der Waals surface area contributed by atoms with Gasteiger partial charge in [0.1, 0.15) is 11.8 Å². The first kappa shape index (κ1) is 22.6. The largest absolute Gasteiger partial charge is 0.473 e. The lowest BCUT2D eigenvalue weighted by molar-refractivity contribution is -0.114. The number of amides is 1. The van der Waals surface area contributed by atoms with Crippen molar-refractivity contribution in [2.45, 2.75) is 41.8 Å². The van der Waals surface area contributed by atoms with E-state index < -0.39 is 0 Å². The Bertz CT molecular complexity index is 944. The summed E-state index contributed by atoms with van der Waals surface area (Å²) < 4.78 is 6.36. The number of nitrogens with zero attached hydrogens (tertiary/aromatic N) is 4. The number of nitrogens with one attached hydrogen (secondary N) is 1. The predicted molar refractivity (Wildman–Crippen MR) is 127 cm³/mol. The van der Waals surface area contributed by atoms with Crippen LogP contribution in [0.25, 0.3) is 0 Å². The van der Waals surface area contributed by atoms with E-state index >= 15 is 0 Å². The lowest BCUT2D eigenvalue weighted by Crippen LogP contribution is -2.44. The fraction of sp³-hybridized carbons (Fsp3) is 0.500. The maximum Gasteiger partial charge on any atom is 0.242 e. The molecule has 0 bridgehead atoms. The number of rotatable bonds is 7. The molecule has 1 aliphatic heterocycles. The van der Waals surface area contributed by atoms with Gasteiger partial charge in [0.05, 0.1) is 12.7 Å². The fourth-order valence-electron chi connectivity index (χ4n) is 3.98. The van der Waals surface area contributed by atoms with Crippen LogP contribution in [0.15, 0.2) is 34.4 Å². The van der Waals surface area contributed by atoms with E-state index in [1.807, 2.05) is 18.3 Å². The molecule has 4 rings (SSSR count). The van der Waals surface area contributed by atoms with Crippen LogP contribution in [-0.2, 0) is 4.79 Å². The normalized spacial score (nSPS) is 17.5. The molecule has 5 N–H and O–H groups in total. The quantitative estimate of drug-likeness (QED) is 0.424. The van der Waals surface area contributed by atoms with Crippen LogP contribution in [0, 0.1) is 0 Å². The van der Waals surface area contributed by atoms with Crippen molar-refractivity contribution in [1.82, 2.24) is 14.9 Å². The number of carbonyl (C=O) groups excluding carboxylic acids is 1. The number of nitrogens with two attached hydrogens (primary N) is 2. The monoisotopic (exact) mass is 457 g/mol. The summed E-state index contributed by atoms with van der Waals surface area (Å²) in [5, 5.41) is 3.32. The van der Waals surface area contributed by atoms with Crippen molar-refractivity contribution >= 4 is 34.7 Å². The molecule has 1 aromatic heterocycles. The van der Waals surface area contributed by atoms with Gasteiger partial charge in [-0.25, -0.2) is 4.98 Å². The number of benzene rings is 1. The Morgan fingerprint density at radius 1 is 1.22 bits per heavy atom. The van der Waals surface area contributed by atoms with E-state index in [2.05, 4.69) is 27.1 Å². The Labute approximate surface area is 192 Å². The van der Waals surface area contributed by atoms with Gasteiger partial charge in [-0.1, -0.05) is 0 Å². The van der Waals surface area contributed by atoms with E-state index in [4.69, 9.17) is 21.2 Å². The van der Waals surface area contributed by atoms with E-state index in [0.29, 0.717) is 22.4 Å². The zero-order valence-electron chi connectivity index (χ0n) is 18.4. The Morgan fingerprint density at radius 3 is 2.69 bits per heavy atom. The highest BCUT2D eigenvalue weighted by molar-refractivity contribution is 7.99. The van der Waals surface area contributed by atoms with Gasteiger partial charge in [0.25, 0.3) is 0 Å². The first-order valence-electron chi connectivity index (χ1n) is 11.1. The van der Waals surface area contributed by atoms with Crippen molar-refractivity contribution in [3.05, 3.63) is 24.4 Å². The second kappa shape index (κ2) is 10.4. The summed E-state index contributed by atoms with van der Waals surface area (Å²) >= 11 is 1.39. The van der Waals surface area contributed by atoms with Crippen molar-refractivity contribution in [3.63, 3.8) is 0 Å². The number of aromatic nitrogens is 2. The Morgan fingerprint density at radius 2 is 1.97 bits per heavy atom. The summed E-state index contributed by atoms with van der Waals surface area (Å²) in [5.74, 6) is 0.381. The molecule has 0 radical (unpaired) electrons. The van der Waals surface area contributed by atoms with Gasteiger partial charge in [0, 0.05) is 42.4 Å². The third-order valence-corrected chi connectivity index (χ3v) is 6.60. The molecule has 1 aromatic carbocycles. The van der Waals surface area contributed by atoms with Crippen LogP contribution in [0.1, 0.15) is 25.7 Å². The predicted octanol–water partition coefficient (Wildman–Crippen LogP) is 2.18. The number of hydrogen-bond acceptors (Lipinski definition) is 9. The number of hydrogen-bond donors (Lipinski definition) is 3. The zero-order chi connectivity index (χ0) is 22.5. The van der Waals surface area contributed by atoms with Crippen molar-refractivity contribution in [2.75, 3.05) is 55.7 Å². The minimum Gasteiger partial charge on any atom is -0.473 e. The van der Waals surface area contributed by atoms with Gasteiger partial charge in [0.15, 0.2) is 5.16 Å². The molecule has 2 aliphatic rings. The first-order chi connectivity index (χ1) is 15.5. The number of anilines is 3. The molecule has 10 heteroatoms. The van der Waals surface area contributed by atoms with Crippen LogP contribution in [0.2, 0.25) is 0 Å². The molecular weight excluding hydrogens is 426 g/mol. The minimum absolute atomic E-state index is 0.0873. The molecule has 1 aliphatic carbocycles. The third-order valence-electron chi connectivity index (χ3n) is 5.75. The molecule has 32 heavy (non-hydrogen) atoms. The van der Waals surface area contributed by atoms with Crippen LogP contribution >= 0.6 is 11.8 Å². The standard InChI is InChI=1S/C22H31N7O2S/c1-28-6-8-29(9-7-28)19-14-25-22(27-21(19)31-17-4-2-3-5-17)32-18-11-15(24)10-16(12-18)26-20(30)13-23/h10-12,14,17H,2-9,13,23-24H2,1H3,(H,26,30). The van der Waals surface area contributed by atoms with E-state index in [1.165, 1.54) is 24.6 Å². The molecule has 1 saturated carbocycles. The number of likely N-dealkylation sites (N-methyl/N-ethyl adjacent to an activating group) is 1. The fourth-order valence-corrected chi connectivity index (χ4v) is 4.81. The Balaban J connectivity index is 1.57. The molecule has 0 spiro atoms. The maximum atomic E-state index is 11.6. The van der Waals surface area contributed by atoms with Crippen molar-refractivity contribution < 1.29 is 9.53 Å². The first-order valence-corrected chi connectivity index (χ1v) is 11.9. The lowest BCUT2D eigenvalue weighted by atomic mass is 10.3. The van der Waals surface area contributed by atoms with Gasteiger partial charge >= 0.3 is 0 Å². The average Bonchev–Trinajstić information content (AvgIpc) is 3.27. The maximum absolute atomic E-state index is 11.6. The third kappa shape index (κ3) is 5.81. The van der Waals surface area contributed by atoms with Gasteiger partial charge in [-0.15, -0.1) is 0 Å². The SMILES string of the molecule is CN1CCN(c2cnc(Sc3cc(N)cc(NC(=O)CN)c3)nc2OC2CCCC2)CC1. The summed E-state index contributed by atoms with van der Waals surface area (Å²) in [7, 11) is 2.14. The smallest absolute Gasteiger partial charge is 0.242 e. The van der Waals surface area contributed by atoms with E-state index in [0.717, 1.165) is 49.6 Å². The molecule has 2 heterocycles. The molecule has 2 fully saturated rings. The van der Waals surface area contributed by atoms with Crippen LogP contribution in [0.5, 0.6) is 5.88 Å². The molecule has 1 amide bonds. The highest BCUT2D eigenvalue weighted by Crippen LogP contribution is 2.35. The number of ether oxygens (including phenoxy) is 1. The molecule has 2 aromatic rings. The van der Waals surface area contributed by atoms with Gasteiger partial charge in [-0.3, -0.25) is 4.79 Å². The van der Waals surface area contributed by atoms with Crippen LogP contribution < -0.4 is 26.4 Å². The van der Waals surface area contributed by atoms with Crippen molar-refractivity contribution in [3.8, 4) is 5.88 Å². The second-order valence-electron chi connectivity index (χ2n) is 8.30. The molecule has 0 atom stereocenters. The highest BCUT2D eigenvalue weighted by atomic mass is 32.2. The van der Waals surface area contributed by atoms with Crippen molar-refractivity contribution in [1.29, 1.82) is 0 Å². The summed E-state index contributed by atoms with van der Waals surface area (Å²) in [6, 6.07) is 5.37. The summed E-state index contributed by atoms with van der Waals surface area (Å²) in [4.78, 5) is 26.5. The molecule has 172 valence electrons. The Kier molecular flexibility index (Phi) is 7.33. The molecule has 0 unspecified atom stereocenters. The van der Waals surface area contributed by atoms with Gasteiger partial charge in [0.2, 0.25) is 11.8 Å².